The lowest BCUT2D eigenvalue weighted by Gasteiger charge is -2.26. The molecule has 0 atom stereocenters. The molecule has 1 aromatic heterocycles. The normalized spacial score (nSPS) is 11.6. The number of hydrogen-bond acceptors (Lipinski definition) is 6. The van der Waals surface area contributed by atoms with Gasteiger partial charge in [-0.15, -0.1) is 0 Å². The van der Waals surface area contributed by atoms with Crippen LogP contribution in [0.5, 0.6) is 5.75 Å². The number of aromatic carboxylic acids is 1. The minimum Gasteiger partial charge on any atom is -0.477 e. The van der Waals surface area contributed by atoms with Crippen molar-refractivity contribution in [2.24, 2.45) is 0 Å². The minimum atomic E-state index is -4.10. The Morgan fingerprint density at radius 2 is 1.53 bits per heavy atom. The van der Waals surface area contributed by atoms with Gasteiger partial charge in [-0.05, 0) is 25.0 Å². The van der Waals surface area contributed by atoms with Crippen LogP contribution in [0.3, 0.4) is 0 Å². The van der Waals surface area contributed by atoms with Crippen LogP contribution >= 0.6 is 0 Å². The highest BCUT2D eigenvalue weighted by molar-refractivity contribution is 7.86. The van der Waals surface area contributed by atoms with Crippen molar-refractivity contribution in [1.29, 1.82) is 0 Å². The Morgan fingerprint density at radius 3 is 2.12 bits per heavy atom. The van der Waals surface area contributed by atoms with Gasteiger partial charge in [-0.25, -0.2) is 9.78 Å². The Kier molecular flexibility index (Phi) is 6.59. The Bertz CT molecular complexity index is 1230. The summed E-state index contributed by atoms with van der Waals surface area (Å²) in [5.74, 6) is -2.82. The number of rotatable bonds is 8. The highest BCUT2D eigenvalue weighted by Crippen LogP contribution is 2.22. The number of benzene rings is 2. The van der Waals surface area contributed by atoms with Crippen LogP contribution < -0.4 is 9.50 Å². The summed E-state index contributed by atoms with van der Waals surface area (Å²) < 4.78 is 30.0. The molecule has 0 aliphatic heterocycles. The molecule has 1 amide bonds. The zero-order valence-corrected chi connectivity index (χ0v) is 18.3. The molecule has 0 radical (unpaired) electrons. The molecule has 2 aromatic carbocycles. The van der Waals surface area contributed by atoms with E-state index < -0.39 is 39.0 Å². The van der Waals surface area contributed by atoms with Gasteiger partial charge in [0, 0.05) is 12.1 Å². The average Bonchev–Trinajstić information content (AvgIpc) is 2.73. The van der Waals surface area contributed by atoms with Crippen molar-refractivity contribution < 1.29 is 27.3 Å². The Morgan fingerprint density at radius 1 is 0.969 bits per heavy atom. The van der Waals surface area contributed by atoms with E-state index in [0.717, 1.165) is 17.7 Å². The first-order valence-corrected chi connectivity index (χ1v) is 11.2. The quantitative estimate of drug-likeness (QED) is 0.500. The number of carboxylic acids is 1. The Labute approximate surface area is 186 Å². The first-order chi connectivity index (χ1) is 15.1. The number of carbonyl (C=O) groups excluding carboxylic acids is 1. The predicted octanol–water partition coefficient (Wildman–Crippen LogP) is 3.35. The van der Waals surface area contributed by atoms with Crippen LogP contribution in [0.1, 0.15) is 46.0 Å². The van der Waals surface area contributed by atoms with Crippen molar-refractivity contribution in [2.45, 2.75) is 25.1 Å². The maximum Gasteiger partial charge on any atom is 0.354 e. The van der Waals surface area contributed by atoms with E-state index in [9.17, 15) is 23.1 Å². The largest absolute Gasteiger partial charge is 0.477 e. The molecule has 8 nitrogen and oxygen atoms in total. The summed E-state index contributed by atoms with van der Waals surface area (Å²) in [5, 5.41) is 12.1. The molecule has 2 N–H and O–H groups in total. The molecule has 9 heteroatoms. The fourth-order valence-corrected chi connectivity index (χ4v) is 4.06. The lowest BCUT2D eigenvalue weighted by molar-refractivity contribution is 0.0690. The zero-order valence-electron chi connectivity index (χ0n) is 17.5. The molecule has 0 saturated carbocycles. The van der Waals surface area contributed by atoms with Gasteiger partial charge in [0.15, 0.2) is 5.69 Å². The first kappa shape index (κ1) is 23.0. The summed E-state index contributed by atoms with van der Waals surface area (Å²) in [6, 6.07) is 19.6. The smallest absolute Gasteiger partial charge is 0.354 e. The predicted molar refractivity (Wildman–Crippen MR) is 118 cm³/mol. The molecule has 3 rings (SSSR count). The molecular formula is C23H22N2O6S. The summed E-state index contributed by atoms with van der Waals surface area (Å²) in [4.78, 5) is 28.2. The topological polar surface area (TPSA) is 123 Å². The summed E-state index contributed by atoms with van der Waals surface area (Å²) in [6.45, 7) is 3.56. The molecule has 0 aliphatic rings. The van der Waals surface area contributed by atoms with E-state index >= 15 is 0 Å². The number of pyridine rings is 1. The molecule has 0 saturated heterocycles. The van der Waals surface area contributed by atoms with Crippen molar-refractivity contribution in [1.82, 2.24) is 10.3 Å². The number of amides is 1. The van der Waals surface area contributed by atoms with Gasteiger partial charge in [-0.2, -0.15) is 8.42 Å². The first-order valence-electron chi connectivity index (χ1n) is 9.65. The van der Waals surface area contributed by atoms with Crippen molar-refractivity contribution >= 4 is 22.0 Å². The molecule has 0 unspecified atom stereocenters. The third-order valence-electron chi connectivity index (χ3n) is 4.58. The van der Waals surface area contributed by atoms with Gasteiger partial charge >= 0.3 is 16.1 Å². The maximum absolute atomic E-state index is 12.8. The Hall–Kier alpha value is -3.72. The molecule has 3 aromatic rings. The van der Waals surface area contributed by atoms with Gasteiger partial charge in [-0.1, -0.05) is 60.7 Å². The number of nitrogens with zero attached hydrogens (tertiary/aromatic N) is 1. The lowest BCUT2D eigenvalue weighted by atomic mass is 9.94. The Balaban J connectivity index is 1.87. The number of hydrogen-bond donors (Lipinski definition) is 2. The van der Waals surface area contributed by atoms with Gasteiger partial charge in [0.25, 0.3) is 5.91 Å². The second-order valence-corrected chi connectivity index (χ2v) is 9.17. The van der Waals surface area contributed by atoms with Crippen LogP contribution in [0.25, 0.3) is 0 Å². The zero-order chi connectivity index (χ0) is 23.4. The van der Waals surface area contributed by atoms with E-state index in [4.69, 9.17) is 4.18 Å². The van der Waals surface area contributed by atoms with Crippen LogP contribution in [0.2, 0.25) is 0 Å². The second kappa shape index (κ2) is 9.19. The summed E-state index contributed by atoms with van der Waals surface area (Å²) in [7, 11) is -4.10. The van der Waals surface area contributed by atoms with E-state index in [-0.39, 0.29) is 11.4 Å². The fourth-order valence-electron chi connectivity index (χ4n) is 3.01. The number of carboxylic acid groups (broad SMARTS) is 1. The summed E-state index contributed by atoms with van der Waals surface area (Å²) >= 11 is 0. The molecule has 0 spiro atoms. The van der Waals surface area contributed by atoms with Crippen LogP contribution in [0.15, 0.2) is 72.8 Å². The van der Waals surface area contributed by atoms with Crippen molar-refractivity contribution in [3.63, 3.8) is 0 Å². The number of nitrogens with one attached hydrogen (secondary N) is 1. The summed E-state index contributed by atoms with van der Waals surface area (Å²) in [6.07, 6.45) is 0. The van der Waals surface area contributed by atoms with Crippen molar-refractivity contribution in [3.05, 3.63) is 95.3 Å². The lowest BCUT2D eigenvalue weighted by Crippen LogP contribution is -2.41. The third-order valence-corrected chi connectivity index (χ3v) is 5.71. The number of carbonyl (C=O) groups is 2. The molecule has 32 heavy (non-hydrogen) atoms. The van der Waals surface area contributed by atoms with E-state index in [1.54, 1.807) is 44.2 Å². The van der Waals surface area contributed by atoms with Gasteiger partial charge in [0.1, 0.15) is 17.2 Å². The van der Waals surface area contributed by atoms with E-state index in [1.807, 2.05) is 30.3 Å². The van der Waals surface area contributed by atoms with Gasteiger partial charge in [-0.3, -0.25) is 4.79 Å². The molecular weight excluding hydrogens is 432 g/mol. The van der Waals surface area contributed by atoms with Crippen LogP contribution in [-0.4, -0.2) is 30.4 Å². The summed E-state index contributed by atoms with van der Waals surface area (Å²) in [5.41, 5.74) is -0.259. The van der Waals surface area contributed by atoms with Crippen molar-refractivity contribution in [3.8, 4) is 5.75 Å². The van der Waals surface area contributed by atoms with Crippen LogP contribution in [-0.2, 0) is 21.4 Å². The van der Waals surface area contributed by atoms with Crippen molar-refractivity contribution in [2.75, 3.05) is 0 Å². The molecule has 1 heterocycles. The standard InChI is InChI=1S/C23H22N2O6S/c1-23(2,17-11-7-4-8-12-17)25-21(26)19-13-18(14-20(24-19)22(27)28)31-32(29,30)15-16-9-5-3-6-10-16/h3-14H,15H2,1-2H3,(H,25,26)(H,27,28). The SMILES string of the molecule is CC(C)(NC(=O)c1cc(OS(=O)(=O)Cc2ccccc2)cc(C(=O)O)n1)c1ccccc1. The second-order valence-electron chi connectivity index (χ2n) is 7.59. The van der Waals surface area contributed by atoms with Gasteiger partial charge in [0.05, 0.1) is 5.54 Å². The maximum atomic E-state index is 12.8. The molecule has 0 aliphatic carbocycles. The number of aromatic nitrogens is 1. The molecule has 0 fully saturated rings. The molecule has 166 valence electrons. The average molecular weight is 455 g/mol. The minimum absolute atomic E-state index is 0.279. The van der Waals surface area contributed by atoms with E-state index in [0.29, 0.717) is 5.56 Å². The van der Waals surface area contributed by atoms with Crippen LogP contribution in [0.4, 0.5) is 0 Å². The fraction of sp³-hybridized carbons (Fsp3) is 0.174. The van der Waals surface area contributed by atoms with Gasteiger partial charge in [0.2, 0.25) is 0 Å². The van der Waals surface area contributed by atoms with E-state index in [1.165, 1.54) is 0 Å². The monoisotopic (exact) mass is 454 g/mol. The van der Waals surface area contributed by atoms with E-state index in [2.05, 4.69) is 10.3 Å². The third kappa shape index (κ3) is 5.92. The highest BCUT2D eigenvalue weighted by Gasteiger charge is 2.26. The molecule has 0 bridgehead atoms. The van der Waals surface area contributed by atoms with Gasteiger partial charge < -0.3 is 14.6 Å². The highest BCUT2D eigenvalue weighted by atomic mass is 32.2. The van der Waals surface area contributed by atoms with Crippen LogP contribution in [0, 0.1) is 0 Å².